The summed E-state index contributed by atoms with van der Waals surface area (Å²) in [6.45, 7) is 0. The average Bonchev–Trinajstić information content (AvgIpc) is 3.13. The molecule has 0 unspecified atom stereocenters. The first kappa shape index (κ1) is 12.9. The Kier molecular flexibility index (Phi) is 3.28. The minimum Gasteiger partial charge on any atom is -0.492 e. The van der Waals surface area contributed by atoms with E-state index >= 15 is 0 Å². The summed E-state index contributed by atoms with van der Waals surface area (Å²) < 4.78 is 23.9. The largest absolute Gasteiger partial charge is 0.492 e. The number of benzene rings is 1. The van der Waals surface area contributed by atoms with Crippen LogP contribution in [-0.4, -0.2) is 20.3 Å². The second-order valence-corrected chi connectivity index (χ2v) is 4.43. The summed E-state index contributed by atoms with van der Waals surface area (Å²) in [5, 5.41) is -0.0879. The second-order valence-electron chi connectivity index (χ2n) is 4.02. The molecule has 1 aliphatic carbocycles. The van der Waals surface area contributed by atoms with Crippen LogP contribution in [0.3, 0.4) is 0 Å². The van der Waals surface area contributed by atoms with E-state index in [4.69, 9.17) is 21.1 Å². The van der Waals surface area contributed by atoms with Crippen LogP contribution in [-0.2, 0) is 10.3 Å². The van der Waals surface area contributed by atoms with Gasteiger partial charge < -0.3 is 9.47 Å². The number of nitrogens with zero attached hydrogens (tertiary/aromatic N) is 1. The second kappa shape index (κ2) is 4.59. The predicted octanol–water partition coefficient (Wildman–Crippen LogP) is 2.82. The molecule has 0 heterocycles. The van der Waals surface area contributed by atoms with Crippen LogP contribution in [0.1, 0.15) is 18.4 Å². The zero-order valence-electron chi connectivity index (χ0n) is 9.92. The molecule has 96 valence electrons. The van der Waals surface area contributed by atoms with E-state index in [1.807, 2.05) is 0 Å². The smallest absolute Gasteiger partial charge is 0.235 e. The normalized spacial score (nSPS) is 15.8. The molecular weight excluding hydrogens is 261 g/mol. The summed E-state index contributed by atoms with van der Waals surface area (Å²) in [6.07, 6.45) is 2.87. The number of aliphatic imine (C=N–C) groups is 1. The first-order valence-corrected chi connectivity index (χ1v) is 5.67. The molecule has 0 amide bonds. The number of isocyanates is 1. The van der Waals surface area contributed by atoms with Gasteiger partial charge in [0.1, 0.15) is 5.54 Å². The first-order chi connectivity index (χ1) is 8.59. The maximum Gasteiger partial charge on any atom is 0.235 e. The third-order valence-electron chi connectivity index (χ3n) is 3.02. The van der Waals surface area contributed by atoms with E-state index < -0.39 is 11.4 Å². The van der Waals surface area contributed by atoms with E-state index in [0.29, 0.717) is 18.4 Å². The van der Waals surface area contributed by atoms with Gasteiger partial charge in [-0.15, -0.1) is 0 Å². The summed E-state index contributed by atoms with van der Waals surface area (Å²) in [5.41, 5.74) is -0.144. The van der Waals surface area contributed by atoms with Gasteiger partial charge in [-0.05, 0) is 18.9 Å². The highest BCUT2D eigenvalue weighted by molar-refractivity contribution is 6.31. The Hall–Kier alpha value is -1.58. The summed E-state index contributed by atoms with van der Waals surface area (Å²) in [6, 6.07) is 1.42. The van der Waals surface area contributed by atoms with Gasteiger partial charge in [0.05, 0.1) is 19.2 Å². The molecule has 2 rings (SSSR count). The summed E-state index contributed by atoms with van der Waals surface area (Å²) >= 11 is 5.81. The Morgan fingerprint density at radius 3 is 2.44 bits per heavy atom. The van der Waals surface area contributed by atoms with E-state index in [1.54, 1.807) is 0 Å². The summed E-state index contributed by atoms with van der Waals surface area (Å²) in [4.78, 5) is 14.2. The Morgan fingerprint density at radius 1 is 1.39 bits per heavy atom. The lowest BCUT2D eigenvalue weighted by molar-refractivity contribution is 0.332. The average molecular weight is 272 g/mol. The van der Waals surface area contributed by atoms with Crippen molar-refractivity contribution in [2.45, 2.75) is 18.4 Å². The van der Waals surface area contributed by atoms with Gasteiger partial charge in [-0.2, -0.15) is 4.99 Å². The van der Waals surface area contributed by atoms with Gasteiger partial charge in [0.25, 0.3) is 0 Å². The van der Waals surface area contributed by atoms with Crippen molar-refractivity contribution in [2.75, 3.05) is 14.2 Å². The molecule has 0 bridgehead atoms. The maximum absolute atomic E-state index is 13.8. The number of methoxy groups -OCH3 is 2. The van der Waals surface area contributed by atoms with Gasteiger partial charge in [0, 0.05) is 5.56 Å². The summed E-state index contributed by atoms with van der Waals surface area (Å²) in [5.74, 6) is -0.547. The monoisotopic (exact) mass is 271 g/mol. The van der Waals surface area contributed by atoms with Crippen molar-refractivity contribution < 1.29 is 18.7 Å². The fraction of sp³-hybridized carbons (Fsp3) is 0.417. The Balaban J connectivity index is 2.68. The van der Waals surface area contributed by atoms with Gasteiger partial charge in [0.15, 0.2) is 17.3 Å². The Bertz CT molecular complexity index is 537. The third kappa shape index (κ3) is 1.85. The number of halogens is 2. The van der Waals surface area contributed by atoms with Crippen LogP contribution in [0.5, 0.6) is 11.5 Å². The van der Waals surface area contributed by atoms with Gasteiger partial charge in [-0.3, -0.25) is 0 Å². The van der Waals surface area contributed by atoms with Crippen molar-refractivity contribution in [1.29, 1.82) is 0 Å². The molecule has 1 aromatic carbocycles. The molecule has 4 nitrogen and oxygen atoms in total. The number of ether oxygens (including phenoxy) is 2. The minimum absolute atomic E-state index is 0.0765. The van der Waals surface area contributed by atoms with Crippen LogP contribution in [0.25, 0.3) is 0 Å². The van der Waals surface area contributed by atoms with Crippen molar-refractivity contribution >= 4 is 17.7 Å². The van der Waals surface area contributed by atoms with Crippen LogP contribution >= 0.6 is 11.6 Å². The van der Waals surface area contributed by atoms with E-state index in [9.17, 15) is 9.18 Å². The molecule has 0 atom stereocenters. The van der Waals surface area contributed by atoms with Crippen LogP contribution in [0.2, 0.25) is 5.02 Å². The van der Waals surface area contributed by atoms with Gasteiger partial charge >= 0.3 is 0 Å². The lowest BCUT2D eigenvalue weighted by Crippen LogP contribution is -2.08. The number of hydrogen-bond acceptors (Lipinski definition) is 4. The van der Waals surface area contributed by atoms with Crippen LogP contribution < -0.4 is 9.47 Å². The van der Waals surface area contributed by atoms with Crippen LogP contribution in [0, 0.1) is 5.82 Å². The molecule has 1 aliphatic rings. The van der Waals surface area contributed by atoms with Gasteiger partial charge in [0.2, 0.25) is 6.08 Å². The zero-order chi connectivity index (χ0) is 13.3. The van der Waals surface area contributed by atoms with Crippen molar-refractivity contribution in [3.05, 3.63) is 22.5 Å². The predicted molar refractivity (Wildman–Crippen MR) is 63.5 cm³/mol. The minimum atomic E-state index is -0.697. The number of rotatable bonds is 4. The van der Waals surface area contributed by atoms with Crippen molar-refractivity contribution in [1.82, 2.24) is 0 Å². The number of carbonyl (C=O) groups excluding carboxylic acids is 1. The Morgan fingerprint density at radius 2 is 2.00 bits per heavy atom. The zero-order valence-corrected chi connectivity index (χ0v) is 10.7. The lowest BCUT2D eigenvalue weighted by atomic mass is 10.0. The lowest BCUT2D eigenvalue weighted by Gasteiger charge is -2.17. The van der Waals surface area contributed by atoms with Crippen LogP contribution in [0.4, 0.5) is 4.39 Å². The highest BCUT2D eigenvalue weighted by Crippen LogP contribution is 2.55. The van der Waals surface area contributed by atoms with Gasteiger partial charge in [-0.25, -0.2) is 9.18 Å². The van der Waals surface area contributed by atoms with E-state index in [1.165, 1.54) is 26.4 Å². The quantitative estimate of drug-likeness (QED) is 0.625. The molecule has 0 aliphatic heterocycles. The molecule has 1 saturated carbocycles. The van der Waals surface area contributed by atoms with Crippen LogP contribution in [0.15, 0.2) is 11.1 Å². The molecule has 18 heavy (non-hydrogen) atoms. The Labute approximate surface area is 108 Å². The first-order valence-electron chi connectivity index (χ1n) is 5.29. The van der Waals surface area contributed by atoms with Crippen molar-refractivity contribution in [2.24, 2.45) is 4.99 Å². The third-order valence-corrected chi connectivity index (χ3v) is 3.30. The highest BCUT2D eigenvalue weighted by atomic mass is 35.5. The molecule has 1 fully saturated rings. The molecule has 0 radical (unpaired) electrons. The van der Waals surface area contributed by atoms with E-state index in [-0.39, 0.29) is 16.5 Å². The van der Waals surface area contributed by atoms with E-state index in [2.05, 4.69) is 4.99 Å². The molecule has 0 saturated heterocycles. The molecule has 0 aromatic heterocycles. The topological polar surface area (TPSA) is 47.9 Å². The number of hydrogen-bond donors (Lipinski definition) is 0. The fourth-order valence-corrected chi connectivity index (χ4v) is 2.16. The summed E-state index contributed by atoms with van der Waals surface area (Å²) in [7, 11) is 2.72. The van der Waals surface area contributed by atoms with Crippen molar-refractivity contribution in [3.8, 4) is 11.5 Å². The van der Waals surface area contributed by atoms with Gasteiger partial charge in [-0.1, -0.05) is 11.6 Å². The maximum atomic E-state index is 13.8. The van der Waals surface area contributed by atoms with E-state index in [0.717, 1.165) is 0 Å². The van der Waals surface area contributed by atoms with Crippen molar-refractivity contribution in [3.63, 3.8) is 0 Å². The molecule has 0 N–H and O–H groups in total. The SMILES string of the molecule is COc1c(C2(N=C=O)CC2)cc(Cl)c(F)c1OC. The standard InChI is InChI=1S/C12H11ClFNO3/c1-17-10-7(12(3-4-12)15-6-16)5-8(13)9(14)11(10)18-2/h5H,3-4H2,1-2H3. The molecule has 1 aromatic rings. The molecular formula is C12H11ClFNO3. The highest BCUT2D eigenvalue weighted by Gasteiger charge is 2.48. The molecule has 6 heteroatoms. The fourth-order valence-electron chi connectivity index (χ4n) is 1.96. The molecule has 0 spiro atoms.